The van der Waals surface area contributed by atoms with Crippen LogP contribution in [-0.4, -0.2) is 60.7 Å². The minimum absolute atomic E-state index is 0.0805. The fourth-order valence-electron chi connectivity index (χ4n) is 4.69. The Morgan fingerprint density at radius 1 is 0.846 bits per heavy atom. The van der Waals surface area contributed by atoms with Gasteiger partial charge in [0.25, 0.3) is 0 Å². The summed E-state index contributed by atoms with van der Waals surface area (Å²) in [5.41, 5.74) is -1.55. The fraction of sp³-hybridized carbons (Fsp3) is 0.452. The highest BCUT2D eigenvalue weighted by atomic mass is 16.6. The molecule has 0 aliphatic carbocycles. The molecule has 39 heavy (non-hydrogen) atoms. The summed E-state index contributed by atoms with van der Waals surface area (Å²) in [5, 5.41) is 22.6. The number of carbonyl (C=O) groups is 3. The zero-order chi connectivity index (χ0) is 28.6. The lowest BCUT2D eigenvalue weighted by Gasteiger charge is -2.33. The summed E-state index contributed by atoms with van der Waals surface area (Å²) in [6, 6.07) is 17.1. The molecule has 0 bridgehead atoms. The molecule has 0 aliphatic rings. The highest BCUT2D eigenvalue weighted by Crippen LogP contribution is 2.38. The van der Waals surface area contributed by atoms with Gasteiger partial charge in [-0.1, -0.05) is 55.5 Å². The topological polar surface area (TPSA) is 119 Å². The third kappa shape index (κ3) is 7.34. The van der Waals surface area contributed by atoms with Crippen molar-refractivity contribution < 1.29 is 38.8 Å². The van der Waals surface area contributed by atoms with E-state index in [2.05, 4.69) is 0 Å². The molecule has 0 fully saturated rings. The van der Waals surface area contributed by atoms with Crippen LogP contribution in [-0.2, 0) is 23.8 Å². The first kappa shape index (κ1) is 30.1. The summed E-state index contributed by atoms with van der Waals surface area (Å²) in [7, 11) is 0. The van der Waals surface area contributed by atoms with E-state index in [1.165, 1.54) is 0 Å². The Balaban J connectivity index is 1.61. The quantitative estimate of drug-likeness (QED) is 0.138. The average Bonchev–Trinajstić information content (AvgIpc) is 2.92. The second-order valence-electron chi connectivity index (χ2n) is 10.7. The molecular formula is C31H38O8. The molecule has 0 aromatic heterocycles. The van der Waals surface area contributed by atoms with Gasteiger partial charge in [0.1, 0.15) is 19.3 Å². The first-order valence-electron chi connectivity index (χ1n) is 13.2. The Kier molecular flexibility index (Phi) is 10.1. The standard InChI is InChI=1S/C31H38O8/c1-5-31(4,20-30(2,3)28(35)37-16-10-15-32)29(36)39-19-23(33)18-38-27(34)26-24-13-8-6-11-21(24)17-22-12-7-9-14-25(22)26/h6-9,11-14,17,23,32-33H,5,10,15-16,18-20H2,1-4H3. The van der Waals surface area contributed by atoms with Crippen molar-refractivity contribution in [2.75, 3.05) is 26.4 Å². The molecular weight excluding hydrogens is 500 g/mol. The Bertz CT molecular complexity index is 1260. The number of carbonyl (C=O) groups excluding carboxylic acids is 3. The number of ether oxygens (including phenoxy) is 3. The van der Waals surface area contributed by atoms with Crippen LogP contribution in [0.15, 0.2) is 54.6 Å². The molecule has 0 aliphatic heterocycles. The van der Waals surface area contributed by atoms with Crippen LogP contribution in [0.2, 0.25) is 0 Å². The van der Waals surface area contributed by atoms with Crippen molar-refractivity contribution in [3.8, 4) is 0 Å². The smallest absolute Gasteiger partial charge is 0.339 e. The molecule has 2 atom stereocenters. The van der Waals surface area contributed by atoms with Crippen molar-refractivity contribution in [2.24, 2.45) is 10.8 Å². The van der Waals surface area contributed by atoms with E-state index in [1.807, 2.05) is 61.5 Å². The summed E-state index contributed by atoms with van der Waals surface area (Å²) in [4.78, 5) is 38.6. The lowest BCUT2D eigenvalue weighted by atomic mass is 9.72. The second kappa shape index (κ2) is 13.0. The maximum Gasteiger partial charge on any atom is 0.339 e. The number of fused-ring (bicyclic) bond motifs is 2. The third-order valence-corrected chi connectivity index (χ3v) is 6.98. The van der Waals surface area contributed by atoms with Gasteiger partial charge in [0.05, 0.1) is 23.0 Å². The van der Waals surface area contributed by atoms with Crippen LogP contribution in [0.4, 0.5) is 0 Å². The molecule has 0 saturated heterocycles. The van der Waals surface area contributed by atoms with Gasteiger partial charge in [-0.05, 0) is 61.2 Å². The van der Waals surface area contributed by atoms with E-state index < -0.39 is 34.8 Å². The number of aliphatic hydroxyl groups is 2. The maximum absolute atomic E-state index is 13.1. The van der Waals surface area contributed by atoms with E-state index in [-0.39, 0.29) is 32.8 Å². The van der Waals surface area contributed by atoms with Gasteiger partial charge in [0.2, 0.25) is 0 Å². The first-order valence-corrected chi connectivity index (χ1v) is 13.2. The average molecular weight is 539 g/mol. The molecule has 8 nitrogen and oxygen atoms in total. The number of esters is 3. The van der Waals surface area contributed by atoms with Gasteiger partial charge in [-0.2, -0.15) is 0 Å². The first-order chi connectivity index (χ1) is 18.5. The zero-order valence-electron chi connectivity index (χ0n) is 23.1. The van der Waals surface area contributed by atoms with E-state index in [0.29, 0.717) is 18.4 Å². The van der Waals surface area contributed by atoms with E-state index >= 15 is 0 Å². The Morgan fingerprint density at radius 3 is 1.97 bits per heavy atom. The van der Waals surface area contributed by atoms with Crippen molar-refractivity contribution >= 4 is 39.5 Å². The Morgan fingerprint density at radius 2 is 1.41 bits per heavy atom. The fourth-order valence-corrected chi connectivity index (χ4v) is 4.69. The lowest BCUT2D eigenvalue weighted by Crippen LogP contribution is -2.39. The molecule has 2 N–H and O–H groups in total. The normalized spacial score (nSPS) is 14.0. The minimum atomic E-state index is -1.23. The van der Waals surface area contributed by atoms with Crippen molar-refractivity contribution in [1.82, 2.24) is 0 Å². The van der Waals surface area contributed by atoms with Gasteiger partial charge in [-0.15, -0.1) is 0 Å². The van der Waals surface area contributed by atoms with Crippen molar-refractivity contribution in [3.63, 3.8) is 0 Å². The van der Waals surface area contributed by atoms with Crippen LogP contribution >= 0.6 is 0 Å². The van der Waals surface area contributed by atoms with Crippen molar-refractivity contribution in [2.45, 2.75) is 53.1 Å². The van der Waals surface area contributed by atoms with Gasteiger partial charge in [-0.25, -0.2) is 4.79 Å². The number of rotatable bonds is 13. The highest BCUT2D eigenvalue weighted by molar-refractivity contribution is 6.16. The molecule has 3 rings (SSSR count). The number of hydrogen-bond acceptors (Lipinski definition) is 8. The van der Waals surface area contributed by atoms with Crippen LogP contribution in [0, 0.1) is 10.8 Å². The Hall–Kier alpha value is -3.49. The summed E-state index contributed by atoms with van der Waals surface area (Å²) in [6.45, 7) is 6.22. The molecule has 0 spiro atoms. The largest absolute Gasteiger partial charge is 0.465 e. The summed E-state index contributed by atoms with van der Waals surface area (Å²) >= 11 is 0. The van der Waals surface area contributed by atoms with Gasteiger partial charge in [0.15, 0.2) is 0 Å². The molecule has 3 aromatic rings. The van der Waals surface area contributed by atoms with Crippen molar-refractivity contribution in [3.05, 3.63) is 60.2 Å². The van der Waals surface area contributed by atoms with Crippen LogP contribution < -0.4 is 0 Å². The molecule has 2 unspecified atom stereocenters. The van der Waals surface area contributed by atoms with Crippen molar-refractivity contribution in [1.29, 1.82) is 0 Å². The van der Waals surface area contributed by atoms with Gasteiger partial charge in [-0.3, -0.25) is 9.59 Å². The van der Waals surface area contributed by atoms with E-state index in [0.717, 1.165) is 21.5 Å². The predicted molar refractivity (Wildman–Crippen MR) is 148 cm³/mol. The monoisotopic (exact) mass is 538 g/mol. The van der Waals surface area contributed by atoms with Gasteiger partial charge < -0.3 is 24.4 Å². The molecule has 0 radical (unpaired) electrons. The molecule has 8 heteroatoms. The maximum atomic E-state index is 13.1. The summed E-state index contributed by atoms with van der Waals surface area (Å²) in [6.07, 6.45) is -0.310. The van der Waals surface area contributed by atoms with Crippen LogP contribution in [0.1, 0.15) is 57.3 Å². The molecule has 0 saturated carbocycles. The van der Waals surface area contributed by atoms with E-state index in [9.17, 15) is 19.5 Å². The minimum Gasteiger partial charge on any atom is -0.465 e. The number of aliphatic hydroxyl groups excluding tert-OH is 2. The second-order valence-corrected chi connectivity index (χ2v) is 10.7. The van der Waals surface area contributed by atoms with E-state index in [1.54, 1.807) is 20.8 Å². The molecule has 3 aromatic carbocycles. The van der Waals surface area contributed by atoms with Gasteiger partial charge in [0, 0.05) is 13.0 Å². The summed E-state index contributed by atoms with van der Waals surface area (Å²) in [5.74, 6) is -1.60. The van der Waals surface area contributed by atoms with Crippen LogP contribution in [0.5, 0.6) is 0 Å². The third-order valence-electron chi connectivity index (χ3n) is 6.98. The number of hydrogen-bond donors (Lipinski definition) is 2. The highest BCUT2D eigenvalue weighted by Gasteiger charge is 2.43. The Labute approximate surface area is 228 Å². The predicted octanol–water partition coefficient (Wildman–Crippen LogP) is 4.81. The number of benzene rings is 3. The molecule has 0 amide bonds. The van der Waals surface area contributed by atoms with Gasteiger partial charge >= 0.3 is 17.9 Å². The zero-order valence-corrected chi connectivity index (χ0v) is 23.1. The lowest BCUT2D eigenvalue weighted by molar-refractivity contribution is -0.165. The van der Waals surface area contributed by atoms with E-state index in [4.69, 9.17) is 19.3 Å². The SMILES string of the molecule is CCC(C)(CC(C)(C)C(=O)OCCCO)C(=O)OCC(O)COC(=O)c1c2ccccc2cc2ccccc12. The van der Waals surface area contributed by atoms with Crippen LogP contribution in [0.25, 0.3) is 21.5 Å². The molecule has 0 heterocycles. The summed E-state index contributed by atoms with van der Waals surface area (Å²) < 4.78 is 16.1. The van der Waals surface area contributed by atoms with Crippen LogP contribution in [0.3, 0.4) is 0 Å². The molecule has 210 valence electrons.